The molecule has 2 aromatic rings. The number of sulfonamides is 1. The number of rotatable bonds is 6. The van der Waals surface area contributed by atoms with Crippen LogP contribution in [0, 0.1) is 12.8 Å². The Morgan fingerprint density at radius 1 is 1.15 bits per heavy atom. The van der Waals surface area contributed by atoms with Crippen LogP contribution in [0.3, 0.4) is 0 Å². The Kier molecular flexibility index (Phi) is 6.76. The molecular weight excluding hydrogens is 436 g/mol. The second kappa shape index (κ2) is 8.45. The normalized spacial score (nSPS) is 11.5. The first-order valence-corrected chi connectivity index (χ1v) is 11.4. The molecule has 26 heavy (non-hydrogen) atoms. The first kappa shape index (κ1) is 20.8. The molecule has 2 rings (SSSR count). The second-order valence-electron chi connectivity index (χ2n) is 6.08. The lowest BCUT2D eigenvalue weighted by Crippen LogP contribution is -2.19. The van der Waals surface area contributed by atoms with Crippen molar-refractivity contribution in [2.75, 3.05) is 16.3 Å². The average Bonchev–Trinajstić information content (AvgIpc) is 2.57. The molecule has 0 heterocycles. The molecule has 0 aliphatic carbocycles. The maximum absolute atomic E-state index is 12.7. The summed E-state index contributed by atoms with van der Waals surface area (Å²) in [6, 6.07) is 9.94. The molecule has 0 unspecified atom stereocenters. The van der Waals surface area contributed by atoms with E-state index in [0.29, 0.717) is 11.4 Å². The van der Waals surface area contributed by atoms with Crippen LogP contribution in [0.2, 0.25) is 0 Å². The lowest BCUT2D eigenvalue weighted by molar-refractivity contribution is -0.118. The van der Waals surface area contributed by atoms with Gasteiger partial charge in [0.05, 0.1) is 10.6 Å². The minimum Gasteiger partial charge on any atom is -0.325 e. The van der Waals surface area contributed by atoms with E-state index in [9.17, 15) is 13.2 Å². The fourth-order valence-corrected chi connectivity index (χ4v) is 4.01. The summed E-state index contributed by atoms with van der Waals surface area (Å²) in [5.74, 6) is -0.361. The summed E-state index contributed by atoms with van der Waals surface area (Å²) in [7, 11) is -3.77. The average molecular weight is 457 g/mol. The fraction of sp³-hybridized carbons (Fsp3) is 0.278. The number of carbonyl (C=O) groups is 1. The van der Waals surface area contributed by atoms with Gasteiger partial charge < -0.3 is 5.32 Å². The minimum atomic E-state index is -3.77. The summed E-state index contributed by atoms with van der Waals surface area (Å²) >= 11 is 4.83. The molecule has 5 nitrogen and oxygen atoms in total. The van der Waals surface area contributed by atoms with E-state index in [2.05, 4.69) is 26.0 Å². The van der Waals surface area contributed by atoms with Crippen LogP contribution < -0.4 is 10.0 Å². The standard InChI is InChI=1S/C18H21BrN2O3S2/c1-11(2)18(22)20-16-10-14(6-8-17(16)25-4)26(23,24)21-13-5-7-15(19)12(3)9-13/h5-11,21H,1-4H3,(H,20,22). The summed E-state index contributed by atoms with van der Waals surface area (Å²) in [5, 5.41) is 2.80. The maximum Gasteiger partial charge on any atom is 0.261 e. The first-order valence-electron chi connectivity index (χ1n) is 7.92. The SMILES string of the molecule is CSc1ccc(S(=O)(=O)Nc2ccc(Br)c(C)c2)cc1NC(=O)C(C)C. The number of benzene rings is 2. The van der Waals surface area contributed by atoms with Crippen LogP contribution in [0.1, 0.15) is 19.4 Å². The molecule has 0 saturated heterocycles. The van der Waals surface area contributed by atoms with Crippen LogP contribution in [0.15, 0.2) is 50.7 Å². The van der Waals surface area contributed by atoms with E-state index in [1.54, 1.807) is 38.1 Å². The number of hydrogen-bond acceptors (Lipinski definition) is 4. The molecule has 0 bridgehead atoms. The third-order valence-electron chi connectivity index (χ3n) is 3.67. The summed E-state index contributed by atoms with van der Waals surface area (Å²) in [5.41, 5.74) is 1.89. The van der Waals surface area contributed by atoms with Gasteiger partial charge in [-0.2, -0.15) is 0 Å². The molecule has 0 saturated carbocycles. The summed E-state index contributed by atoms with van der Waals surface area (Å²) in [4.78, 5) is 12.9. The zero-order valence-corrected chi connectivity index (χ0v) is 18.2. The zero-order valence-electron chi connectivity index (χ0n) is 15.0. The highest BCUT2D eigenvalue weighted by Gasteiger charge is 2.18. The molecule has 2 N–H and O–H groups in total. The van der Waals surface area contributed by atoms with Gasteiger partial charge >= 0.3 is 0 Å². The molecule has 1 amide bonds. The molecule has 0 atom stereocenters. The van der Waals surface area contributed by atoms with Crippen molar-refractivity contribution in [3.63, 3.8) is 0 Å². The third kappa shape index (κ3) is 5.02. The monoisotopic (exact) mass is 456 g/mol. The van der Waals surface area contributed by atoms with Crippen molar-refractivity contribution in [2.24, 2.45) is 5.92 Å². The molecule has 0 spiro atoms. The van der Waals surface area contributed by atoms with Crippen molar-refractivity contribution >= 4 is 55.0 Å². The topological polar surface area (TPSA) is 75.3 Å². The Balaban J connectivity index is 2.36. The van der Waals surface area contributed by atoms with Crippen molar-refractivity contribution < 1.29 is 13.2 Å². The van der Waals surface area contributed by atoms with Crippen molar-refractivity contribution in [1.29, 1.82) is 0 Å². The van der Waals surface area contributed by atoms with E-state index in [4.69, 9.17) is 0 Å². The molecule has 0 radical (unpaired) electrons. The zero-order chi connectivity index (χ0) is 19.5. The van der Waals surface area contributed by atoms with Crippen LogP contribution in [0.25, 0.3) is 0 Å². The highest BCUT2D eigenvalue weighted by molar-refractivity contribution is 9.10. The molecule has 0 aliphatic heterocycles. The molecule has 0 aliphatic rings. The number of amides is 1. The summed E-state index contributed by atoms with van der Waals surface area (Å²) in [6.45, 7) is 5.45. The van der Waals surface area contributed by atoms with Gasteiger partial charge in [-0.1, -0.05) is 29.8 Å². The van der Waals surface area contributed by atoms with E-state index < -0.39 is 10.0 Å². The number of thioether (sulfide) groups is 1. The van der Waals surface area contributed by atoms with Crippen LogP contribution in [-0.2, 0) is 14.8 Å². The van der Waals surface area contributed by atoms with Gasteiger partial charge in [0.25, 0.3) is 10.0 Å². The smallest absolute Gasteiger partial charge is 0.261 e. The number of halogens is 1. The van der Waals surface area contributed by atoms with Gasteiger partial charge in [-0.3, -0.25) is 9.52 Å². The largest absolute Gasteiger partial charge is 0.325 e. The van der Waals surface area contributed by atoms with Crippen molar-refractivity contribution in [3.05, 3.63) is 46.4 Å². The Morgan fingerprint density at radius 3 is 2.42 bits per heavy atom. The molecular formula is C18H21BrN2O3S2. The molecule has 0 aromatic heterocycles. The van der Waals surface area contributed by atoms with Gasteiger partial charge in [-0.15, -0.1) is 11.8 Å². The van der Waals surface area contributed by atoms with E-state index in [1.165, 1.54) is 23.9 Å². The van der Waals surface area contributed by atoms with Crippen LogP contribution in [0.4, 0.5) is 11.4 Å². The Bertz CT molecular complexity index is 928. The molecule has 8 heteroatoms. The van der Waals surface area contributed by atoms with E-state index in [1.807, 2.05) is 13.2 Å². The van der Waals surface area contributed by atoms with E-state index in [-0.39, 0.29) is 16.7 Å². The van der Waals surface area contributed by atoms with Gasteiger partial charge in [-0.25, -0.2) is 8.42 Å². The molecule has 140 valence electrons. The number of hydrogen-bond donors (Lipinski definition) is 2. The summed E-state index contributed by atoms with van der Waals surface area (Å²) in [6.07, 6.45) is 1.87. The van der Waals surface area contributed by atoms with Gasteiger partial charge in [0.15, 0.2) is 0 Å². The van der Waals surface area contributed by atoms with Gasteiger partial charge in [-0.05, 0) is 55.1 Å². The molecule has 2 aromatic carbocycles. The predicted octanol–water partition coefficient (Wildman–Crippen LogP) is 4.87. The molecule has 0 fully saturated rings. The van der Waals surface area contributed by atoms with Crippen molar-refractivity contribution in [2.45, 2.75) is 30.6 Å². The van der Waals surface area contributed by atoms with E-state index in [0.717, 1.165) is 14.9 Å². The van der Waals surface area contributed by atoms with Gasteiger partial charge in [0.2, 0.25) is 5.91 Å². The number of aryl methyl sites for hydroxylation is 1. The minimum absolute atomic E-state index is 0.0925. The first-order chi connectivity index (χ1) is 12.1. The fourth-order valence-electron chi connectivity index (χ4n) is 2.15. The maximum atomic E-state index is 12.7. The van der Waals surface area contributed by atoms with Crippen LogP contribution in [-0.4, -0.2) is 20.6 Å². The van der Waals surface area contributed by atoms with Crippen LogP contribution >= 0.6 is 27.7 Å². The van der Waals surface area contributed by atoms with Gasteiger partial charge in [0.1, 0.15) is 0 Å². The van der Waals surface area contributed by atoms with Crippen molar-refractivity contribution in [1.82, 2.24) is 0 Å². The Labute approximate surface area is 167 Å². The lowest BCUT2D eigenvalue weighted by atomic mass is 10.2. The quantitative estimate of drug-likeness (QED) is 0.607. The van der Waals surface area contributed by atoms with Crippen LogP contribution in [0.5, 0.6) is 0 Å². The number of anilines is 2. The van der Waals surface area contributed by atoms with Crippen molar-refractivity contribution in [3.8, 4) is 0 Å². The Morgan fingerprint density at radius 2 is 1.85 bits per heavy atom. The highest BCUT2D eigenvalue weighted by atomic mass is 79.9. The predicted molar refractivity (Wildman–Crippen MR) is 111 cm³/mol. The second-order valence-corrected chi connectivity index (χ2v) is 9.46. The summed E-state index contributed by atoms with van der Waals surface area (Å²) < 4.78 is 28.9. The number of nitrogens with one attached hydrogen (secondary N) is 2. The van der Waals surface area contributed by atoms with E-state index >= 15 is 0 Å². The lowest BCUT2D eigenvalue weighted by Gasteiger charge is -2.14. The Hall–Kier alpha value is -1.51. The third-order valence-corrected chi connectivity index (χ3v) is 6.74. The highest BCUT2D eigenvalue weighted by Crippen LogP contribution is 2.30. The number of carbonyl (C=O) groups excluding carboxylic acids is 1. The van der Waals surface area contributed by atoms with Gasteiger partial charge in [0, 0.05) is 21.0 Å².